The smallest absolute Gasteiger partial charge is 0.212 e. The lowest BCUT2D eigenvalue weighted by Crippen LogP contribution is -3.28. The van der Waals surface area contributed by atoms with Crippen molar-refractivity contribution in [2.24, 2.45) is 0 Å². The van der Waals surface area contributed by atoms with Gasteiger partial charge >= 0.3 is 0 Å². The predicted octanol–water partition coefficient (Wildman–Crippen LogP) is -2.96. The van der Waals surface area contributed by atoms with Crippen LogP contribution in [0.15, 0.2) is 0 Å². The molecule has 2 unspecified atom stereocenters. The molecule has 0 amide bonds. The zero-order valence-corrected chi connectivity index (χ0v) is 13.4. The number of nitrogens with two attached hydrogens (primary N) is 3. The molecule has 7 N–H and O–H groups in total. The standard InChI is InChI=1S/C16H34N4/c1-2-6-10-18-13-15-20-14-7-3-4-8-16(20)19-12-11-17-9-5-1/h16-19H,1-15H2/p+4. The van der Waals surface area contributed by atoms with E-state index in [0.29, 0.717) is 0 Å². The predicted molar refractivity (Wildman–Crippen MR) is 81.5 cm³/mol. The normalized spacial score (nSPS) is 32.4. The van der Waals surface area contributed by atoms with Crippen LogP contribution in [0.4, 0.5) is 0 Å². The summed E-state index contributed by atoms with van der Waals surface area (Å²) < 4.78 is 0. The number of rotatable bonds is 0. The first-order valence-electron chi connectivity index (χ1n) is 9.28. The molecule has 2 saturated heterocycles. The van der Waals surface area contributed by atoms with E-state index in [-0.39, 0.29) is 0 Å². The Kier molecular flexibility index (Phi) is 8.55. The van der Waals surface area contributed by atoms with E-state index in [4.69, 9.17) is 0 Å². The fourth-order valence-corrected chi connectivity index (χ4v) is 3.80. The van der Waals surface area contributed by atoms with Gasteiger partial charge in [0.05, 0.1) is 26.1 Å². The molecule has 2 fully saturated rings. The van der Waals surface area contributed by atoms with Gasteiger partial charge in [0.25, 0.3) is 0 Å². The molecule has 4 heteroatoms. The lowest BCUT2D eigenvalue weighted by atomic mass is 10.2. The van der Waals surface area contributed by atoms with Crippen LogP contribution in [0.25, 0.3) is 0 Å². The summed E-state index contributed by atoms with van der Waals surface area (Å²) >= 11 is 0. The fraction of sp³-hybridized carbons (Fsp3) is 1.00. The third-order valence-corrected chi connectivity index (χ3v) is 5.10. The molecule has 2 aliphatic rings. The van der Waals surface area contributed by atoms with Gasteiger partial charge in [-0.3, -0.25) is 10.2 Å². The number of hydrogen-bond donors (Lipinski definition) is 4. The van der Waals surface area contributed by atoms with Gasteiger partial charge in [-0.2, -0.15) is 0 Å². The van der Waals surface area contributed by atoms with E-state index in [1.807, 2.05) is 4.90 Å². The van der Waals surface area contributed by atoms with E-state index in [9.17, 15) is 0 Å². The van der Waals surface area contributed by atoms with Gasteiger partial charge in [-0.15, -0.1) is 0 Å². The van der Waals surface area contributed by atoms with E-state index >= 15 is 0 Å². The second kappa shape index (κ2) is 10.6. The molecule has 0 aliphatic carbocycles. The molecule has 0 aromatic rings. The van der Waals surface area contributed by atoms with E-state index < -0.39 is 0 Å². The molecule has 4 nitrogen and oxygen atoms in total. The van der Waals surface area contributed by atoms with Crippen LogP contribution in [0.3, 0.4) is 0 Å². The average Bonchev–Trinajstić information content (AvgIpc) is 2.69. The Labute approximate surface area is 125 Å². The maximum absolute atomic E-state index is 2.66. The molecular weight excluding hydrogens is 248 g/mol. The minimum absolute atomic E-state index is 0.851. The molecule has 20 heavy (non-hydrogen) atoms. The average molecular weight is 287 g/mol. The van der Waals surface area contributed by atoms with Crippen LogP contribution in [0.2, 0.25) is 0 Å². The Balaban J connectivity index is 1.78. The maximum Gasteiger partial charge on any atom is 0.212 e. The van der Waals surface area contributed by atoms with Crippen LogP contribution >= 0.6 is 0 Å². The molecule has 2 rings (SSSR count). The van der Waals surface area contributed by atoms with Gasteiger partial charge in [-0.25, -0.2) is 0 Å². The van der Waals surface area contributed by atoms with E-state index in [1.165, 1.54) is 97.2 Å². The van der Waals surface area contributed by atoms with Gasteiger partial charge in [-0.1, -0.05) is 0 Å². The third-order valence-electron chi connectivity index (χ3n) is 5.10. The number of nitrogens with one attached hydrogen (secondary N) is 1. The van der Waals surface area contributed by atoms with Gasteiger partial charge in [0.2, 0.25) is 6.17 Å². The van der Waals surface area contributed by atoms with Gasteiger partial charge in [0, 0.05) is 0 Å². The highest BCUT2D eigenvalue weighted by Gasteiger charge is 2.26. The number of fused-ring (bicyclic) bond motifs is 1. The lowest BCUT2D eigenvalue weighted by molar-refractivity contribution is -1.05. The Hall–Kier alpha value is -0.160. The summed E-state index contributed by atoms with van der Waals surface area (Å²) in [5, 5.41) is 7.77. The summed E-state index contributed by atoms with van der Waals surface area (Å²) in [5.41, 5.74) is 0. The second-order valence-corrected chi connectivity index (χ2v) is 6.78. The van der Waals surface area contributed by atoms with Crippen LogP contribution in [-0.2, 0) is 0 Å². The molecule has 0 radical (unpaired) electrons. The van der Waals surface area contributed by atoms with Gasteiger partial charge in [0.1, 0.15) is 26.2 Å². The van der Waals surface area contributed by atoms with E-state index in [0.717, 1.165) is 6.17 Å². The first kappa shape index (κ1) is 16.2. The van der Waals surface area contributed by atoms with Crippen molar-refractivity contribution in [2.75, 3.05) is 45.8 Å². The lowest BCUT2D eigenvalue weighted by Gasteiger charge is -2.24. The highest BCUT2D eigenvalue weighted by atomic mass is 15.3. The number of quaternary nitrogens is 4. The second-order valence-electron chi connectivity index (χ2n) is 6.78. The SMILES string of the molecule is C1CCC[NH2+]CC[NH+]2CCCCCC2[NH2+]CC[NH2+]CC1. The molecule has 2 aliphatic heterocycles. The third kappa shape index (κ3) is 6.53. The van der Waals surface area contributed by atoms with Gasteiger partial charge in [-0.05, 0) is 44.9 Å². The molecule has 0 spiro atoms. The van der Waals surface area contributed by atoms with E-state index in [2.05, 4.69) is 16.0 Å². The van der Waals surface area contributed by atoms with Crippen molar-refractivity contribution in [3.05, 3.63) is 0 Å². The van der Waals surface area contributed by atoms with Crippen molar-refractivity contribution < 1.29 is 20.9 Å². The van der Waals surface area contributed by atoms with Crippen LogP contribution in [0, 0.1) is 0 Å². The highest BCUT2D eigenvalue weighted by molar-refractivity contribution is 4.50. The summed E-state index contributed by atoms with van der Waals surface area (Å²) in [4.78, 5) is 1.88. The van der Waals surface area contributed by atoms with Crippen molar-refractivity contribution in [3.8, 4) is 0 Å². The van der Waals surface area contributed by atoms with Crippen LogP contribution in [0.5, 0.6) is 0 Å². The Morgan fingerprint density at radius 3 is 2.20 bits per heavy atom. The van der Waals surface area contributed by atoms with Crippen LogP contribution < -0.4 is 20.9 Å². The molecule has 0 bridgehead atoms. The molecule has 118 valence electrons. The first-order valence-corrected chi connectivity index (χ1v) is 9.28. The molecule has 2 heterocycles. The van der Waals surface area contributed by atoms with Crippen molar-refractivity contribution >= 4 is 0 Å². The zero-order valence-electron chi connectivity index (χ0n) is 13.4. The summed E-state index contributed by atoms with van der Waals surface area (Å²) in [6.07, 6.45) is 12.4. The topological polar surface area (TPSA) is 54.3 Å². The summed E-state index contributed by atoms with van der Waals surface area (Å²) in [6, 6.07) is 0. The highest BCUT2D eigenvalue weighted by Crippen LogP contribution is 2.01. The van der Waals surface area contributed by atoms with E-state index in [1.54, 1.807) is 0 Å². The molecular formula is C16H38N4+4. The van der Waals surface area contributed by atoms with Gasteiger partial charge in [0.15, 0.2) is 0 Å². The quantitative estimate of drug-likeness (QED) is 0.368. The fourth-order valence-electron chi connectivity index (χ4n) is 3.80. The van der Waals surface area contributed by atoms with Crippen molar-refractivity contribution in [1.82, 2.24) is 0 Å². The number of hydrogen-bond acceptors (Lipinski definition) is 0. The molecule has 2 atom stereocenters. The molecule has 0 aromatic heterocycles. The summed E-state index contributed by atoms with van der Waals surface area (Å²) in [7, 11) is 0. The van der Waals surface area contributed by atoms with Crippen molar-refractivity contribution in [2.45, 2.75) is 57.5 Å². The minimum atomic E-state index is 0.851. The van der Waals surface area contributed by atoms with Crippen LogP contribution in [-0.4, -0.2) is 52.0 Å². The monoisotopic (exact) mass is 286 g/mol. The maximum atomic E-state index is 2.66. The summed E-state index contributed by atoms with van der Waals surface area (Å²) in [5.74, 6) is 0. The van der Waals surface area contributed by atoms with Crippen molar-refractivity contribution in [3.63, 3.8) is 0 Å². The Bertz CT molecular complexity index is 213. The zero-order chi connectivity index (χ0) is 13.9. The first-order chi connectivity index (χ1) is 9.97. The molecule has 0 saturated carbocycles. The van der Waals surface area contributed by atoms with Gasteiger partial charge < -0.3 is 10.6 Å². The Morgan fingerprint density at radius 1 is 0.600 bits per heavy atom. The molecule has 0 aromatic carbocycles. The van der Waals surface area contributed by atoms with Crippen molar-refractivity contribution in [1.29, 1.82) is 0 Å². The van der Waals surface area contributed by atoms with Crippen LogP contribution in [0.1, 0.15) is 51.4 Å². The largest absolute Gasteiger partial charge is 0.342 e. The minimum Gasteiger partial charge on any atom is -0.342 e. The summed E-state index contributed by atoms with van der Waals surface area (Å²) in [6.45, 7) is 9.47. The Morgan fingerprint density at radius 2 is 1.35 bits per heavy atom.